The van der Waals surface area contributed by atoms with Crippen molar-refractivity contribution in [2.75, 3.05) is 5.32 Å². The molecule has 8 nitrogen and oxygen atoms in total. The van der Waals surface area contributed by atoms with Crippen LogP contribution in [0.2, 0.25) is 5.02 Å². The van der Waals surface area contributed by atoms with E-state index < -0.39 is 10.8 Å². The van der Waals surface area contributed by atoms with Gasteiger partial charge in [-0.2, -0.15) is 15.4 Å². The first-order valence-electron chi connectivity index (χ1n) is 4.69. The fraction of sp³-hybridized carbons (Fsp3) is 0. The highest BCUT2D eigenvalue weighted by molar-refractivity contribution is 6.31. The molecule has 1 heterocycles. The number of benzene rings is 1. The molecule has 9 heteroatoms. The number of hydrogen-bond acceptors (Lipinski definition) is 5. The Labute approximate surface area is 105 Å². The van der Waals surface area contributed by atoms with Crippen LogP contribution in [0.3, 0.4) is 0 Å². The zero-order chi connectivity index (χ0) is 13.1. The molecule has 92 valence electrons. The van der Waals surface area contributed by atoms with Crippen molar-refractivity contribution in [1.29, 1.82) is 0 Å². The number of aromatic nitrogens is 3. The monoisotopic (exact) mass is 267 g/mol. The van der Waals surface area contributed by atoms with Crippen LogP contribution in [0.15, 0.2) is 24.4 Å². The Kier molecular flexibility index (Phi) is 3.20. The van der Waals surface area contributed by atoms with E-state index in [0.717, 1.165) is 0 Å². The Hall–Kier alpha value is -2.48. The maximum atomic E-state index is 11.7. The van der Waals surface area contributed by atoms with Crippen LogP contribution < -0.4 is 5.32 Å². The maximum Gasteiger partial charge on any atom is 0.292 e. The average molecular weight is 268 g/mol. The second-order valence-corrected chi connectivity index (χ2v) is 3.66. The minimum atomic E-state index is -0.617. The average Bonchev–Trinajstić information content (AvgIpc) is 2.81. The smallest absolute Gasteiger partial charge is 0.292 e. The predicted molar refractivity (Wildman–Crippen MR) is 62.4 cm³/mol. The molecule has 0 aliphatic carbocycles. The van der Waals surface area contributed by atoms with Crippen molar-refractivity contribution < 1.29 is 9.72 Å². The molecule has 1 aromatic heterocycles. The van der Waals surface area contributed by atoms with Gasteiger partial charge >= 0.3 is 0 Å². The molecule has 0 radical (unpaired) electrons. The molecule has 0 unspecified atom stereocenters. The molecular weight excluding hydrogens is 262 g/mol. The zero-order valence-corrected chi connectivity index (χ0v) is 9.51. The first-order chi connectivity index (χ1) is 8.58. The lowest BCUT2D eigenvalue weighted by atomic mass is 10.2. The van der Waals surface area contributed by atoms with Gasteiger partial charge in [-0.05, 0) is 12.1 Å². The van der Waals surface area contributed by atoms with E-state index in [2.05, 4.69) is 20.7 Å². The number of nitrogens with zero attached hydrogens (tertiary/aromatic N) is 3. The van der Waals surface area contributed by atoms with E-state index in [1.54, 1.807) is 0 Å². The van der Waals surface area contributed by atoms with Crippen LogP contribution >= 0.6 is 11.6 Å². The van der Waals surface area contributed by atoms with Crippen molar-refractivity contribution in [2.45, 2.75) is 0 Å². The lowest BCUT2D eigenvalue weighted by Gasteiger charge is -2.04. The number of halogens is 1. The van der Waals surface area contributed by atoms with E-state index in [9.17, 15) is 14.9 Å². The number of anilines is 1. The van der Waals surface area contributed by atoms with Gasteiger partial charge in [-0.3, -0.25) is 14.9 Å². The molecule has 0 saturated carbocycles. The number of amides is 1. The van der Waals surface area contributed by atoms with E-state index in [1.807, 2.05) is 0 Å². The molecule has 0 fully saturated rings. The summed E-state index contributed by atoms with van der Waals surface area (Å²) in [7, 11) is 0. The quantitative estimate of drug-likeness (QED) is 0.648. The summed E-state index contributed by atoms with van der Waals surface area (Å²) in [6, 6.07) is 3.86. The second-order valence-electron chi connectivity index (χ2n) is 3.23. The minimum absolute atomic E-state index is 0.000463. The fourth-order valence-electron chi connectivity index (χ4n) is 1.26. The highest BCUT2D eigenvalue weighted by Gasteiger charge is 2.18. The third kappa shape index (κ3) is 2.43. The number of rotatable bonds is 3. The van der Waals surface area contributed by atoms with Crippen LogP contribution in [0.5, 0.6) is 0 Å². The van der Waals surface area contributed by atoms with Crippen LogP contribution in [-0.4, -0.2) is 26.2 Å². The SMILES string of the molecule is O=C(Nc1cc(Cl)ccc1[N+](=O)[O-])c1cn[nH]n1. The highest BCUT2D eigenvalue weighted by Crippen LogP contribution is 2.27. The van der Waals surface area contributed by atoms with Crippen LogP contribution in [0, 0.1) is 10.1 Å². The summed E-state index contributed by atoms with van der Waals surface area (Å²) in [6.07, 6.45) is 1.20. The second kappa shape index (κ2) is 4.80. The third-order valence-electron chi connectivity index (χ3n) is 2.05. The molecular formula is C9H6ClN5O3. The Morgan fingerprint density at radius 3 is 2.89 bits per heavy atom. The van der Waals surface area contributed by atoms with Crippen molar-refractivity contribution in [2.24, 2.45) is 0 Å². The number of nitro benzene ring substituents is 1. The molecule has 1 aromatic carbocycles. The van der Waals surface area contributed by atoms with Crippen molar-refractivity contribution in [3.63, 3.8) is 0 Å². The molecule has 2 aromatic rings. The van der Waals surface area contributed by atoms with Crippen LogP contribution in [0.1, 0.15) is 10.5 Å². The van der Waals surface area contributed by atoms with Crippen LogP contribution in [0.25, 0.3) is 0 Å². The van der Waals surface area contributed by atoms with Crippen molar-refractivity contribution >= 4 is 28.9 Å². The molecule has 1 amide bonds. The predicted octanol–water partition coefficient (Wildman–Crippen LogP) is 1.62. The molecule has 2 rings (SSSR count). The Morgan fingerprint density at radius 1 is 1.50 bits per heavy atom. The minimum Gasteiger partial charge on any atom is -0.315 e. The van der Waals surface area contributed by atoms with Gasteiger partial charge in [0, 0.05) is 11.1 Å². The summed E-state index contributed by atoms with van der Waals surface area (Å²) in [4.78, 5) is 21.8. The Bertz CT molecular complexity index is 598. The number of nitro groups is 1. The van der Waals surface area contributed by atoms with Gasteiger partial charge in [-0.1, -0.05) is 11.6 Å². The summed E-state index contributed by atoms with van der Waals surface area (Å²) in [6.45, 7) is 0. The van der Waals surface area contributed by atoms with Crippen LogP contribution in [0.4, 0.5) is 11.4 Å². The third-order valence-corrected chi connectivity index (χ3v) is 2.29. The summed E-state index contributed by atoms with van der Waals surface area (Å²) in [5.74, 6) is -0.617. The van der Waals surface area contributed by atoms with Crippen LogP contribution in [-0.2, 0) is 0 Å². The van der Waals surface area contributed by atoms with Gasteiger partial charge in [0.15, 0.2) is 5.69 Å². The van der Waals surface area contributed by atoms with Gasteiger partial charge in [-0.25, -0.2) is 0 Å². The summed E-state index contributed by atoms with van der Waals surface area (Å²) in [5.41, 5.74) is -0.235. The molecule has 0 aliphatic heterocycles. The standard InChI is InChI=1S/C9H6ClN5O3/c10-5-1-2-8(15(17)18)6(3-5)12-9(16)7-4-11-14-13-7/h1-4H,(H,12,16)(H,11,13,14). The number of hydrogen-bond donors (Lipinski definition) is 2. The van der Waals surface area contributed by atoms with E-state index in [1.165, 1.54) is 24.4 Å². The van der Waals surface area contributed by atoms with Gasteiger partial charge in [0.05, 0.1) is 11.1 Å². The lowest BCUT2D eigenvalue weighted by Crippen LogP contribution is -2.13. The van der Waals surface area contributed by atoms with E-state index >= 15 is 0 Å². The first kappa shape index (κ1) is 12.0. The highest BCUT2D eigenvalue weighted by atomic mass is 35.5. The van der Waals surface area contributed by atoms with E-state index in [0.29, 0.717) is 0 Å². The van der Waals surface area contributed by atoms with Gasteiger partial charge < -0.3 is 5.32 Å². The molecule has 18 heavy (non-hydrogen) atoms. The molecule has 2 N–H and O–H groups in total. The van der Waals surface area contributed by atoms with Crippen molar-refractivity contribution in [1.82, 2.24) is 15.4 Å². The zero-order valence-electron chi connectivity index (χ0n) is 8.75. The molecule has 0 spiro atoms. The Morgan fingerprint density at radius 2 is 2.28 bits per heavy atom. The Balaban J connectivity index is 2.31. The normalized spacial score (nSPS) is 10.1. The molecule has 0 saturated heterocycles. The van der Waals surface area contributed by atoms with Crippen molar-refractivity contribution in [3.05, 3.63) is 45.2 Å². The lowest BCUT2D eigenvalue weighted by molar-refractivity contribution is -0.383. The number of H-pyrrole nitrogens is 1. The van der Waals surface area contributed by atoms with E-state index in [-0.39, 0.29) is 22.1 Å². The van der Waals surface area contributed by atoms with Gasteiger partial charge in [0.1, 0.15) is 5.69 Å². The number of aromatic amines is 1. The molecule has 0 atom stereocenters. The maximum absolute atomic E-state index is 11.7. The van der Waals surface area contributed by atoms with Gasteiger partial charge in [-0.15, -0.1) is 0 Å². The van der Waals surface area contributed by atoms with Crippen molar-refractivity contribution in [3.8, 4) is 0 Å². The molecule has 0 aliphatic rings. The topological polar surface area (TPSA) is 114 Å². The summed E-state index contributed by atoms with van der Waals surface area (Å²) < 4.78 is 0. The summed E-state index contributed by atoms with van der Waals surface area (Å²) >= 11 is 5.72. The first-order valence-corrected chi connectivity index (χ1v) is 5.07. The van der Waals surface area contributed by atoms with E-state index in [4.69, 9.17) is 11.6 Å². The fourth-order valence-corrected chi connectivity index (χ4v) is 1.44. The van der Waals surface area contributed by atoms with Gasteiger partial charge in [0.2, 0.25) is 0 Å². The number of carbonyl (C=O) groups is 1. The number of carbonyl (C=O) groups excluding carboxylic acids is 1. The number of nitrogens with one attached hydrogen (secondary N) is 2. The largest absolute Gasteiger partial charge is 0.315 e. The molecule has 0 bridgehead atoms. The van der Waals surface area contributed by atoms with Gasteiger partial charge in [0.25, 0.3) is 11.6 Å². The summed E-state index contributed by atoms with van der Waals surface area (Å²) in [5, 5.41) is 22.7.